The van der Waals surface area contributed by atoms with Crippen LogP contribution in [0.1, 0.15) is 26.7 Å². The molecule has 1 aliphatic heterocycles. The van der Waals surface area contributed by atoms with Crippen molar-refractivity contribution in [2.24, 2.45) is 11.7 Å². The van der Waals surface area contributed by atoms with E-state index in [2.05, 4.69) is 6.92 Å². The summed E-state index contributed by atoms with van der Waals surface area (Å²) in [6.07, 6.45) is 2.06. The van der Waals surface area contributed by atoms with Crippen LogP contribution in [-0.2, 0) is 4.79 Å². The second-order valence-electron chi connectivity index (χ2n) is 3.48. The van der Waals surface area contributed by atoms with E-state index in [1.54, 1.807) is 0 Å². The maximum Gasteiger partial charge on any atom is 0.227 e. The molecule has 0 radical (unpaired) electrons. The maximum atomic E-state index is 11.6. The molecular weight excluding hydrogens is 152 g/mol. The van der Waals surface area contributed by atoms with E-state index in [1.165, 1.54) is 0 Å². The van der Waals surface area contributed by atoms with Crippen LogP contribution in [0.2, 0.25) is 0 Å². The molecule has 1 amide bonds. The van der Waals surface area contributed by atoms with Crippen molar-refractivity contribution in [1.29, 1.82) is 0 Å². The number of hydrogen-bond acceptors (Lipinski definition) is 2. The normalized spacial score (nSPS) is 30.9. The molecular formula is C9H18N2O. The first-order chi connectivity index (χ1) is 5.70. The number of carbonyl (C=O) groups excluding carboxylic acids is 1. The van der Waals surface area contributed by atoms with Crippen molar-refractivity contribution in [3.8, 4) is 0 Å². The van der Waals surface area contributed by atoms with Crippen LogP contribution in [0.15, 0.2) is 0 Å². The molecule has 1 rings (SSSR count). The van der Waals surface area contributed by atoms with Crippen LogP contribution in [0.5, 0.6) is 0 Å². The van der Waals surface area contributed by atoms with Crippen LogP contribution in [-0.4, -0.2) is 29.9 Å². The van der Waals surface area contributed by atoms with Gasteiger partial charge in [0.2, 0.25) is 5.91 Å². The minimum atomic E-state index is 0.0844. The number of likely N-dealkylation sites (tertiary alicyclic amines) is 1. The van der Waals surface area contributed by atoms with Crippen molar-refractivity contribution in [2.45, 2.75) is 32.7 Å². The van der Waals surface area contributed by atoms with Crippen LogP contribution in [0.4, 0.5) is 0 Å². The molecule has 0 aliphatic carbocycles. The average molecular weight is 170 g/mol. The minimum Gasteiger partial charge on any atom is -0.340 e. The molecule has 0 aromatic heterocycles. The molecule has 1 heterocycles. The van der Waals surface area contributed by atoms with E-state index in [-0.39, 0.29) is 11.8 Å². The summed E-state index contributed by atoms with van der Waals surface area (Å²) in [4.78, 5) is 13.6. The summed E-state index contributed by atoms with van der Waals surface area (Å²) in [6, 6.07) is 0.408. The van der Waals surface area contributed by atoms with Crippen molar-refractivity contribution >= 4 is 5.91 Å². The van der Waals surface area contributed by atoms with Gasteiger partial charge in [-0.3, -0.25) is 4.79 Å². The van der Waals surface area contributed by atoms with Crippen molar-refractivity contribution in [3.63, 3.8) is 0 Å². The molecule has 0 spiro atoms. The van der Waals surface area contributed by atoms with Gasteiger partial charge in [-0.15, -0.1) is 0 Å². The molecule has 2 N–H and O–H groups in total. The molecule has 1 aliphatic rings. The Morgan fingerprint density at radius 3 is 2.75 bits per heavy atom. The predicted molar refractivity (Wildman–Crippen MR) is 48.6 cm³/mol. The standard InChI is InChI=1S/C9H18N2O/c1-3-11-7(2)4-5-8(6-10)9(11)12/h7-8H,3-6,10H2,1-2H3. The summed E-state index contributed by atoms with van der Waals surface area (Å²) in [5.41, 5.74) is 5.51. The zero-order valence-corrected chi connectivity index (χ0v) is 7.92. The van der Waals surface area contributed by atoms with Gasteiger partial charge < -0.3 is 10.6 Å². The van der Waals surface area contributed by atoms with E-state index in [0.29, 0.717) is 12.6 Å². The molecule has 0 saturated carbocycles. The van der Waals surface area contributed by atoms with E-state index < -0.39 is 0 Å². The molecule has 12 heavy (non-hydrogen) atoms. The summed E-state index contributed by atoms with van der Waals surface area (Å²) < 4.78 is 0. The summed E-state index contributed by atoms with van der Waals surface area (Å²) in [5, 5.41) is 0. The van der Waals surface area contributed by atoms with Gasteiger partial charge in [-0.2, -0.15) is 0 Å². The van der Waals surface area contributed by atoms with E-state index in [1.807, 2.05) is 11.8 Å². The summed E-state index contributed by atoms with van der Waals surface area (Å²) >= 11 is 0. The SMILES string of the molecule is CCN1C(=O)C(CN)CCC1C. The second kappa shape index (κ2) is 3.90. The van der Waals surface area contributed by atoms with Gasteiger partial charge in [-0.25, -0.2) is 0 Å². The number of piperidine rings is 1. The van der Waals surface area contributed by atoms with Gasteiger partial charge in [0.25, 0.3) is 0 Å². The fraction of sp³-hybridized carbons (Fsp3) is 0.889. The smallest absolute Gasteiger partial charge is 0.227 e. The average Bonchev–Trinajstić information content (AvgIpc) is 2.06. The fourth-order valence-corrected chi connectivity index (χ4v) is 1.86. The lowest BCUT2D eigenvalue weighted by Crippen LogP contribution is -2.48. The van der Waals surface area contributed by atoms with E-state index >= 15 is 0 Å². The van der Waals surface area contributed by atoms with Gasteiger partial charge in [0.1, 0.15) is 0 Å². The van der Waals surface area contributed by atoms with Crippen LogP contribution in [0.25, 0.3) is 0 Å². The van der Waals surface area contributed by atoms with Crippen LogP contribution < -0.4 is 5.73 Å². The van der Waals surface area contributed by atoms with E-state index in [0.717, 1.165) is 19.4 Å². The molecule has 3 nitrogen and oxygen atoms in total. The highest BCUT2D eigenvalue weighted by Crippen LogP contribution is 2.21. The van der Waals surface area contributed by atoms with Gasteiger partial charge in [0, 0.05) is 19.1 Å². The van der Waals surface area contributed by atoms with Crippen molar-refractivity contribution < 1.29 is 4.79 Å². The van der Waals surface area contributed by atoms with Crippen LogP contribution in [0, 0.1) is 5.92 Å². The van der Waals surface area contributed by atoms with Crippen molar-refractivity contribution in [2.75, 3.05) is 13.1 Å². The number of nitrogens with zero attached hydrogens (tertiary/aromatic N) is 1. The topological polar surface area (TPSA) is 46.3 Å². The summed E-state index contributed by atoms with van der Waals surface area (Å²) in [7, 11) is 0. The minimum absolute atomic E-state index is 0.0844. The molecule has 1 fully saturated rings. The van der Waals surface area contributed by atoms with Gasteiger partial charge in [-0.1, -0.05) is 0 Å². The Labute approximate surface area is 73.9 Å². The zero-order chi connectivity index (χ0) is 9.14. The highest BCUT2D eigenvalue weighted by molar-refractivity contribution is 5.80. The van der Waals surface area contributed by atoms with Gasteiger partial charge >= 0.3 is 0 Å². The van der Waals surface area contributed by atoms with Gasteiger partial charge in [0.05, 0.1) is 5.92 Å². The number of carbonyl (C=O) groups is 1. The molecule has 2 atom stereocenters. The summed E-state index contributed by atoms with van der Waals surface area (Å²) in [6.45, 7) is 5.44. The van der Waals surface area contributed by atoms with E-state index in [9.17, 15) is 4.79 Å². The Kier molecular flexibility index (Phi) is 3.09. The first kappa shape index (κ1) is 9.52. The lowest BCUT2D eigenvalue weighted by atomic mass is 9.93. The summed E-state index contributed by atoms with van der Waals surface area (Å²) in [5.74, 6) is 0.333. The van der Waals surface area contributed by atoms with Crippen molar-refractivity contribution in [3.05, 3.63) is 0 Å². The monoisotopic (exact) mass is 170 g/mol. The third-order valence-electron chi connectivity index (χ3n) is 2.72. The quantitative estimate of drug-likeness (QED) is 0.659. The molecule has 1 saturated heterocycles. The highest BCUT2D eigenvalue weighted by Gasteiger charge is 2.30. The molecule has 2 unspecified atom stereocenters. The van der Waals surface area contributed by atoms with Crippen molar-refractivity contribution in [1.82, 2.24) is 4.90 Å². The number of nitrogens with two attached hydrogens (primary N) is 1. The fourth-order valence-electron chi connectivity index (χ4n) is 1.86. The Bertz CT molecular complexity index is 170. The molecule has 0 aromatic carbocycles. The zero-order valence-electron chi connectivity index (χ0n) is 7.92. The Hall–Kier alpha value is -0.570. The highest BCUT2D eigenvalue weighted by atomic mass is 16.2. The second-order valence-corrected chi connectivity index (χ2v) is 3.48. The van der Waals surface area contributed by atoms with Gasteiger partial charge in [0.15, 0.2) is 0 Å². The molecule has 0 bridgehead atoms. The number of hydrogen-bond donors (Lipinski definition) is 1. The maximum absolute atomic E-state index is 11.6. The first-order valence-corrected chi connectivity index (χ1v) is 4.71. The lowest BCUT2D eigenvalue weighted by molar-refractivity contribution is -0.140. The van der Waals surface area contributed by atoms with E-state index in [4.69, 9.17) is 5.73 Å². The number of rotatable bonds is 2. The van der Waals surface area contributed by atoms with Crippen LogP contribution in [0.3, 0.4) is 0 Å². The van der Waals surface area contributed by atoms with Gasteiger partial charge in [-0.05, 0) is 26.7 Å². The lowest BCUT2D eigenvalue weighted by Gasteiger charge is -2.36. The molecule has 0 aromatic rings. The largest absolute Gasteiger partial charge is 0.340 e. The Morgan fingerprint density at radius 2 is 2.25 bits per heavy atom. The third kappa shape index (κ3) is 1.61. The molecule has 3 heteroatoms. The molecule has 70 valence electrons. The first-order valence-electron chi connectivity index (χ1n) is 4.71. The third-order valence-corrected chi connectivity index (χ3v) is 2.72. The number of amides is 1. The predicted octanol–water partition coefficient (Wildman–Crippen LogP) is 0.592. The Morgan fingerprint density at radius 1 is 1.58 bits per heavy atom. The van der Waals surface area contributed by atoms with Crippen LogP contribution >= 0.6 is 0 Å². The Balaban J connectivity index is 2.63.